The van der Waals surface area contributed by atoms with Crippen molar-refractivity contribution in [2.75, 3.05) is 7.11 Å². The number of nitrogens with zero attached hydrogens (tertiary/aromatic N) is 1. The fraction of sp³-hybridized carbons (Fsp3) is 0.0714. The molecule has 0 bridgehead atoms. The number of hydrogen-bond acceptors (Lipinski definition) is 4. The third kappa shape index (κ3) is 3.29. The lowest BCUT2D eigenvalue weighted by Crippen LogP contribution is -2.07. The molecule has 0 saturated heterocycles. The van der Waals surface area contributed by atoms with Crippen LogP contribution in [0.2, 0.25) is 0 Å². The predicted octanol–water partition coefficient (Wildman–Crippen LogP) is 3.28. The van der Waals surface area contributed by atoms with Crippen molar-refractivity contribution < 1.29 is 31.1 Å². The molecule has 2 rings (SSSR count). The topological polar surface area (TPSA) is 74.5 Å². The van der Waals surface area contributed by atoms with E-state index in [2.05, 4.69) is 9.46 Å². The van der Waals surface area contributed by atoms with Gasteiger partial charge in [-0.05, 0) is 18.2 Å². The van der Waals surface area contributed by atoms with Crippen LogP contribution in [0.5, 0.6) is 0 Å². The second kappa shape index (κ2) is 6.29. The number of carbonyl (C=O) groups excluding carboxylic acids is 1. The lowest BCUT2D eigenvalue weighted by molar-refractivity contribution is 0.0595. The quantitative estimate of drug-likeness (QED) is 0.798. The van der Waals surface area contributed by atoms with Crippen LogP contribution in [0.3, 0.4) is 0 Å². The predicted molar refractivity (Wildman–Crippen MR) is 74.3 cm³/mol. The van der Waals surface area contributed by atoms with Gasteiger partial charge >= 0.3 is 5.97 Å². The molecule has 0 aliphatic rings. The zero-order chi connectivity index (χ0) is 17.2. The molecule has 0 saturated carbocycles. The molecule has 0 radical (unpaired) electrons. The van der Waals surface area contributed by atoms with Gasteiger partial charge in [-0.15, -0.1) is 0 Å². The average Bonchev–Trinajstić information content (AvgIpc) is 2.48. The standard InChI is InChI=1S/C14H9F3NO4S/c1-22-14(19)8-4-2-7-11(12(8)17)18-23(20,21)13-9(15)5-3-6-10(13)16/h2-7H,1H3/q-1. The Morgan fingerprint density at radius 1 is 1.04 bits per heavy atom. The lowest BCUT2D eigenvalue weighted by Gasteiger charge is -2.23. The van der Waals surface area contributed by atoms with Crippen LogP contribution >= 0.6 is 0 Å². The van der Waals surface area contributed by atoms with Crippen molar-refractivity contribution in [2.45, 2.75) is 4.90 Å². The second-order valence-corrected chi connectivity index (χ2v) is 5.79. The SMILES string of the molecule is COC(=O)c1cccc([N-]S(=O)(=O)c2c(F)cccc2F)c1F. The van der Waals surface area contributed by atoms with Crippen molar-refractivity contribution in [3.63, 3.8) is 0 Å². The minimum absolute atomic E-state index is 0.557. The van der Waals surface area contributed by atoms with E-state index in [9.17, 15) is 26.4 Å². The van der Waals surface area contributed by atoms with Crippen molar-refractivity contribution in [3.05, 3.63) is 64.1 Å². The highest BCUT2D eigenvalue weighted by molar-refractivity contribution is 7.94. The summed E-state index contributed by atoms with van der Waals surface area (Å²) >= 11 is 0. The van der Waals surface area contributed by atoms with Gasteiger partial charge < -0.3 is 9.46 Å². The molecule has 2 aromatic rings. The first-order valence-corrected chi connectivity index (χ1v) is 7.51. The van der Waals surface area contributed by atoms with Crippen molar-refractivity contribution in [3.8, 4) is 0 Å². The minimum atomic E-state index is -4.86. The Morgan fingerprint density at radius 2 is 1.61 bits per heavy atom. The summed E-state index contributed by atoms with van der Waals surface area (Å²) in [6.45, 7) is 0. The molecule has 0 N–H and O–H groups in total. The van der Waals surface area contributed by atoms with Gasteiger partial charge in [0.1, 0.15) is 32.4 Å². The van der Waals surface area contributed by atoms with Crippen LogP contribution in [0, 0.1) is 17.5 Å². The molecule has 0 amide bonds. The Labute approximate surface area is 129 Å². The molecule has 0 spiro atoms. The first-order chi connectivity index (χ1) is 10.8. The van der Waals surface area contributed by atoms with Gasteiger partial charge in [-0.25, -0.2) is 26.4 Å². The Morgan fingerprint density at radius 3 is 2.17 bits per heavy atom. The summed E-state index contributed by atoms with van der Waals surface area (Å²) in [6, 6.07) is 5.58. The van der Waals surface area contributed by atoms with Crippen LogP contribution in [-0.2, 0) is 14.8 Å². The Balaban J connectivity index is 2.49. The normalized spacial score (nSPS) is 11.1. The van der Waals surface area contributed by atoms with E-state index in [1.807, 2.05) is 0 Å². The smallest absolute Gasteiger partial charge is 0.340 e. The molecule has 0 aromatic heterocycles. The van der Waals surface area contributed by atoms with Gasteiger partial charge in [-0.2, -0.15) is 0 Å². The van der Waals surface area contributed by atoms with E-state index < -0.39 is 49.6 Å². The number of sulfonamides is 1. The number of benzene rings is 2. The molecule has 0 aliphatic heterocycles. The van der Waals surface area contributed by atoms with Crippen LogP contribution in [0.25, 0.3) is 4.72 Å². The Bertz CT molecular complexity index is 848. The van der Waals surface area contributed by atoms with Crippen molar-refractivity contribution >= 4 is 21.7 Å². The van der Waals surface area contributed by atoms with Crippen LogP contribution < -0.4 is 0 Å². The highest BCUT2D eigenvalue weighted by Gasteiger charge is 2.19. The zero-order valence-corrected chi connectivity index (χ0v) is 12.4. The maximum absolute atomic E-state index is 14.1. The van der Waals surface area contributed by atoms with E-state index in [-0.39, 0.29) is 0 Å². The molecule has 23 heavy (non-hydrogen) atoms. The molecule has 0 atom stereocenters. The van der Waals surface area contributed by atoms with E-state index in [0.29, 0.717) is 0 Å². The third-order valence-corrected chi connectivity index (χ3v) is 4.12. The van der Waals surface area contributed by atoms with Gasteiger partial charge in [0, 0.05) is 0 Å². The van der Waals surface area contributed by atoms with Gasteiger partial charge in [0.25, 0.3) is 0 Å². The summed E-state index contributed by atoms with van der Waals surface area (Å²) < 4.78 is 72.7. The number of halogens is 3. The summed E-state index contributed by atoms with van der Waals surface area (Å²) in [4.78, 5) is 10.1. The molecule has 9 heteroatoms. The number of rotatable bonds is 4. The first-order valence-electron chi connectivity index (χ1n) is 6.07. The fourth-order valence-corrected chi connectivity index (χ4v) is 2.88. The maximum atomic E-state index is 14.1. The third-order valence-electron chi connectivity index (χ3n) is 2.78. The molecule has 0 heterocycles. The Kier molecular flexibility index (Phi) is 4.60. The van der Waals surface area contributed by atoms with Gasteiger partial charge in [-0.3, -0.25) is 0 Å². The van der Waals surface area contributed by atoms with Gasteiger partial charge in [0.2, 0.25) is 0 Å². The van der Waals surface area contributed by atoms with Crippen LogP contribution in [0.15, 0.2) is 41.3 Å². The summed E-state index contributed by atoms with van der Waals surface area (Å²) in [6.07, 6.45) is 0. The van der Waals surface area contributed by atoms with E-state index in [1.54, 1.807) is 0 Å². The van der Waals surface area contributed by atoms with E-state index >= 15 is 0 Å². The highest BCUT2D eigenvalue weighted by Crippen LogP contribution is 2.33. The van der Waals surface area contributed by atoms with Crippen LogP contribution in [0.1, 0.15) is 10.4 Å². The van der Waals surface area contributed by atoms with E-state index in [0.717, 1.165) is 43.5 Å². The second-order valence-electron chi connectivity index (χ2n) is 4.25. The molecular formula is C14H9F3NO4S-. The maximum Gasteiger partial charge on any atom is 0.340 e. The van der Waals surface area contributed by atoms with Gasteiger partial charge in [0.15, 0.2) is 0 Å². The van der Waals surface area contributed by atoms with Crippen LogP contribution in [-0.4, -0.2) is 21.5 Å². The summed E-state index contributed by atoms with van der Waals surface area (Å²) in [7, 11) is -3.85. The number of ether oxygens (including phenoxy) is 1. The molecule has 122 valence electrons. The number of hydrogen-bond donors (Lipinski definition) is 0. The van der Waals surface area contributed by atoms with Crippen molar-refractivity contribution in [2.24, 2.45) is 0 Å². The lowest BCUT2D eigenvalue weighted by atomic mass is 10.2. The zero-order valence-electron chi connectivity index (χ0n) is 11.6. The monoisotopic (exact) mass is 344 g/mol. The van der Waals surface area contributed by atoms with Gasteiger partial charge in [0.05, 0.1) is 12.7 Å². The first kappa shape index (κ1) is 16.8. The minimum Gasteiger partial charge on any atom is -0.570 e. The molecule has 5 nitrogen and oxygen atoms in total. The number of carbonyl (C=O) groups is 1. The molecular weight excluding hydrogens is 335 g/mol. The molecule has 2 aromatic carbocycles. The van der Waals surface area contributed by atoms with Gasteiger partial charge in [-0.1, -0.05) is 23.9 Å². The van der Waals surface area contributed by atoms with Crippen molar-refractivity contribution in [1.29, 1.82) is 0 Å². The largest absolute Gasteiger partial charge is 0.570 e. The summed E-state index contributed by atoms with van der Waals surface area (Å²) in [5.74, 6) is -5.05. The molecule has 0 unspecified atom stereocenters. The van der Waals surface area contributed by atoms with Crippen molar-refractivity contribution in [1.82, 2.24) is 0 Å². The highest BCUT2D eigenvalue weighted by atomic mass is 32.2. The van der Waals surface area contributed by atoms with E-state index in [1.165, 1.54) is 0 Å². The average molecular weight is 344 g/mol. The number of methoxy groups -OCH3 is 1. The van der Waals surface area contributed by atoms with Crippen LogP contribution in [0.4, 0.5) is 18.9 Å². The number of esters is 1. The summed E-state index contributed by atoms with van der Waals surface area (Å²) in [5, 5.41) is 0. The summed E-state index contributed by atoms with van der Waals surface area (Å²) in [5.41, 5.74) is -1.33. The van der Waals surface area contributed by atoms with E-state index in [4.69, 9.17) is 0 Å². The Hall–Kier alpha value is -2.55. The molecule has 0 aliphatic carbocycles. The molecule has 0 fully saturated rings. The fourth-order valence-electron chi connectivity index (χ4n) is 1.76.